The summed E-state index contributed by atoms with van der Waals surface area (Å²) in [6.45, 7) is 15.1. The van der Waals surface area contributed by atoms with Gasteiger partial charge in [-0.3, -0.25) is 4.79 Å². The van der Waals surface area contributed by atoms with Gasteiger partial charge in [-0.15, -0.1) is 0 Å². The van der Waals surface area contributed by atoms with Crippen LogP contribution in [0.2, 0.25) is 0 Å². The molecule has 1 fully saturated rings. The molecule has 7 heteroatoms. The number of alkyl carbamates (subject to hydrolysis) is 1. The fraction of sp³-hybridized carbons (Fsp3) is 0.545. The van der Waals surface area contributed by atoms with Gasteiger partial charge in [0.25, 0.3) is 0 Å². The molecular formula is C22H32BNO5. The third kappa shape index (κ3) is 6.18. The topological polar surface area (TPSA) is 73.9 Å². The molecule has 0 saturated carbocycles. The van der Waals surface area contributed by atoms with E-state index in [2.05, 4.69) is 5.32 Å². The lowest BCUT2D eigenvalue weighted by molar-refractivity contribution is 0.00578. The first-order valence-electron chi connectivity index (χ1n) is 9.84. The highest BCUT2D eigenvalue weighted by Gasteiger charge is 2.52. The van der Waals surface area contributed by atoms with E-state index in [1.807, 2.05) is 66.7 Å². The van der Waals surface area contributed by atoms with Crippen molar-refractivity contribution in [2.45, 2.75) is 72.2 Å². The lowest BCUT2D eigenvalue weighted by Gasteiger charge is -2.32. The van der Waals surface area contributed by atoms with Gasteiger partial charge in [0.1, 0.15) is 5.60 Å². The summed E-state index contributed by atoms with van der Waals surface area (Å²) in [6.07, 6.45) is 1.40. The minimum atomic E-state index is -0.609. The lowest BCUT2D eigenvalue weighted by atomic mass is 9.77. The number of amides is 1. The first kappa shape index (κ1) is 23.2. The Bertz CT molecular complexity index is 774. The van der Waals surface area contributed by atoms with Crippen molar-refractivity contribution < 1.29 is 23.6 Å². The summed E-state index contributed by atoms with van der Waals surface area (Å²) in [5, 5.41) is 2.78. The SMILES string of the molecule is CC(=O)c1ccc(C=C(CNC(=O)OC(C)(C)C)B2OC(C)(C)C(C)(C)O2)cc1. The molecule has 0 spiro atoms. The Hall–Kier alpha value is -2.12. The van der Waals surface area contributed by atoms with E-state index < -0.39 is 30.0 Å². The molecule has 1 aliphatic rings. The van der Waals surface area contributed by atoms with Gasteiger partial charge >= 0.3 is 13.2 Å². The summed E-state index contributed by atoms with van der Waals surface area (Å²) in [5.74, 6) is 0.0123. The number of benzene rings is 1. The third-order valence-electron chi connectivity index (χ3n) is 5.06. The molecule has 158 valence electrons. The van der Waals surface area contributed by atoms with E-state index in [0.717, 1.165) is 11.0 Å². The summed E-state index contributed by atoms with van der Waals surface area (Å²) in [5.41, 5.74) is 0.699. The van der Waals surface area contributed by atoms with E-state index in [-0.39, 0.29) is 12.3 Å². The molecule has 6 nitrogen and oxygen atoms in total. The number of hydrogen-bond donors (Lipinski definition) is 1. The minimum Gasteiger partial charge on any atom is -0.444 e. The molecule has 1 saturated heterocycles. The Morgan fingerprint density at radius 1 is 1.07 bits per heavy atom. The van der Waals surface area contributed by atoms with Crippen molar-refractivity contribution in [1.29, 1.82) is 0 Å². The van der Waals surface area contributed by atoms with Crippen molar-refractivity contribution in [1.82, 2.24) is 5.32 Å². The van der Waals surface area contributed by atoms with Crippen molar-refractivity contribution >= 4 is 25.1 Å². The van der Waals surface area contributed by atoms with E-state index in [1.165, 1.54) is 6.92 Å². The molecule has 0 radical (unpaired) electrons. The zero-order chi connectivity index (χ0) is 22.0. The third-order valence-corrected chi connectivity index (χ3v) is 5.06. The number of nitrogens with one attached hydrogen (secondary N) is 1. The minimum absolute atomic E-state index is 0.0123. The predicted octanol–water partition coefficient (Wildman–Crippen LogP) is 4.43. The maximum Gasteiger partial charge on any atom is 0.492 e. The van der Waals surface area contributed by atoms with Crippen LogP contribution in [0, 0.1) is 0 Å². The largest absolute Gasteiger partial charge is 0.492 e. The molecule has 1 N–H and O–H groups in total. The molecule has 1 heterocycles. The van der Waals surface area contributed by atoms with Gasteiger partial charge in [-0.05, 0) is 66.4 Å². The molecule has 1 amide bonds. The average molecular weight is 401 g/mol. The van der Waals surface area contributed by atoms with Crippen LogP contribution in [0.25, 0.3) is 6.08 Å². The summed E-state index contributed by atoms with van der Waals surface area (Å²) >= 11 is 0. The molecule has 29 heavy (non-hydrogen) atoms. The van der Waals surface area contributed by atoms with Gasteiger partial charge < -0.3 is 19.4 Å². The average Bonchev–Trinajstić information content (AvgIpc) is 2.78. The van der Waals surface area contributed by atoms with Crippen LogP contribution in [-0.2, 0) is 14.0 Å². The fourth-order valence-electron chi connectivity index (χ4n) is 2.71. The molecule has 2 rings (SSSR count). The molecule has 0 aromatic heterocycles. The summed E-state index contributed by atoms with van der Waals surface area (Å²) in [7, 11) is -0.609. The highest BCUT2D eigenvalue weighted by Crippen LogP contribution is 2.38. The van der Waals surface area contributed by atoms with Gasteiger partial charge in [-0.1, -0.05) is 30.3 Å². The maximum atomic E-state index is 12.1. The quantitative estimate of drug-likeness (QED) is 0.584. The van der Waals surface area contributed by atoms with E-state index in [0.29, 0.717) is 5.56 Å². The normalized spacial score (nSPS) is 18.5. The van der Waals surface area contributed by atoms with Crippen LogP contribution in [0.15, 0.2) is 29.7 Å². The number of carbonyl (C=O) groups is 2. The van der Waals surface area contributed by atoms with Crippen LogP contribution in [0.4, 0.5) is 4.79 Å². The summed E-state index contributed by atoms with van der Waals surface area (Å²) < 4.78 is 17.6. The van der Waals surface area contributed by atoms with E-state index >= 15 is 0 Å². The van der Waals surface area contributed by atoms with Crippen LogP contribution in [0.1, 0.15) is 71.3 Å². The van der Waals surface area contributed by atoms with Gasteiger partial charge in [0.05, 0.1) is 11.2 Å². The van der Waals surface area contributed by atoms with Crippen molar-refractivity contribution in [2.75, 3.05) is 6.54 Å². The van der Waals surface area contributed by atoms with Crippen LogP contribution < -0.4 is 5.32 Å². The molecule has 1 aromatic carbocycles. The van der Waals surface area contributed by atoms with Crippen LogP contribution in [0.3, 0.4) is 0 Å². The Labute approximate surface area is 174 Å². The Kier molecular flexibility index (Phi) is 6.65. The maximum absolute atomic E-state index is 12.1. The highest BCUT2D eigenvalue weighted by atomic mass is 16.7. The van der Waals surface area contributed by atoms with Crippen LogP contribution in [-0.4, -0.2) is 42.3 Å². The number of Topliss-reactive ketones (excluding diaryl/α,β-unsaturated/α-hetero) is 1. The number of rotatable bonds is 5. The highest BCUT2D eigenvalue weighted by molar-refractivity contribution is 6.56. The fourth-order valence-corrected chi connectivity index (χ4v) is 2.71. The lowest BCUT2D eigenvalue weighted by Crippen LogP contribution is -2.41. The van der Waals surface area contributed by atoms with E-state index in [1.54, 1.807) is 12.1 Å². The Balaban J connectivity index is 2.26. The van der Waals surface area contributed by atoms with Crippen molar-refractivity contribution in [3.63, 3.8) is 0 Å². The predicted molar refractivity (Wildman–Crippen MR) is 115 cm³/mol. The molecule has 0 atom stereocenters. The van der Waals surface area contributed by atoms with Crippen LogP contribution in [0.5, 0.6) is 0 Å². The second-order valence-corrected chi connectivity index (χ2v) is 9.34. The van der Waals surface area contributed by atoms with Gasteiger partial charge in [-0.25, -0.2) is 4.79 Å². The Morgan fingerprint density at radius 2 is 1.59 bits per heavy atom. The smallest absolute Gasteiger partial charge is 0.444 e. The number of hydrogen-bond acceptors (Lipinski definition) is 5. The molecule has 0 bridgehead atoms. The van der Waals surface area contributed by atoms with Gasteiger partial charge in [-0.2, -0.15) is 0 Å². The first-order chi connectivity index (χ1) is 13.2. The van der Waals surface area contributed by atoms with Crippen LogP contribution >= 0.6 is 0 Å². The molecule has 1 aromatic rings. The number of ether oxygens (including phenoxy) is 1. The van der Waals surface area contributed by atoms with E-state index in [9.17, 15) is 9.59 Å². The standard InChI is InChI=1S/C22H32BNO5/c1-15(25)17-11-9-16(10-12-17)13-18(14-24-19(26)27-20(2,3)4)23-28-21(5,6)22(7,8)29-23/h9-13H,14H2,1-8H3,(H,24,26). The zero-order valence-corrected chi connectivity index (χ0v) is 18.7. The first-order valence-corrected chi connectivity index (χ1v) is 9.84. The number of carbonyl (C=O) groups excluding carboxylic acids is 2. The Morgan fingerprint density at radius 3 is 2.03 bits per heavy atom. The van der Waals surface area contributed by atoms with Crippen molar-refractivity contribution in [2.24, 2.45) is 0 Å². The molecule has 0 aliphatic carbocycles. The monoisotopic (exact) mass is 401 g/mol. The molecular weight excluding hydrogens is 369 g/mol. The molecule has 1 aliphatic heterocycles. The summed E-state index contributed by atoms with van der Waals surface area (Å²) in [4.78, 5) is 23.6. The van der Waals surface area contributed by atoms with E-state index in [4.69, 9.17) is 14.0 Å². The van der Waals surface area contributed by atoms with Gasteiger partial charge in [0, 0.05) is 12.1 Å². The van der Waals surface area contributed by atoms with Gasteiger partial charge in [0.15, 0.2) is 5.78 Å². The second kappa shape index (κ2) is 8.32. The zero-order valence-electron chi connectivity index (χ0n) is 18.7. The van der Waals surface area contributed by atoms with Gasteiger partial charge in [0.2, 0.25) is 0 Å². The number of ketones is 1. The van der Waals surface area contributed by atoms with Crippen molar-refractivity contribution in [3.05, 3.63) is 40.9 Å². The second-order valence-electron chi connectivity index (χ2n) is 9.34. The van der Waals surface area contributed by atoms with Crippen molar-refractivity contribution in [3.8, 4) is 0 Å². The summed E-state index contributed by atoms with van der Waals surface area (Å²) in [6, 6.07) is 7.26. The molecule has 0 unspecified atom stereocenters.